The molecule has 2 aromatic carbocycles. The lowest BCUT2D eigenvalue weighted by Gasteiger charge is -2.07. The Balaban J connectivity index is 1.39. The van der Waals surface area contributed by atoms with Crippen molar-refractivity contribution in [1.82, 2.24) is 4.98 Å². The molecule has 0 atom stereocenters. The van der Waals surface area contributed by atoms with E-state index in [1.165, 1.54) is 25.7 Å². The number of nitrogens with one attached hydrogen (secondary N) is 1. The van der Waals surface area contributed by atoms with Crippen molar-refractivity contribution in [3.05, 3.63) is 42.5 Å². The van der Waals surface area contributed by atoms with Crippen molar-refractivity contribution in [2.75, 3.05) is 39.7 Å². The molecular weight excluding hydrogens is 353 g/mol. The molecule has 0 aliphatic heterocycles. The summed E-state index contributed by atoms with van der Waals surface area (Å²) in [5, 5.41) is 3.78. The maximum absolute atomic E-state index is 11.9. The zero-order chi connectivity index (χ0) is 17.8. The van der Waals surface area contributed by atoms with Crippen LogP contribution in [-0.2, 0) is 9.47 Å². The maximum atomic E-state index is 11.9. The Morgan fingerprint density at radius 1 is 0.885 bits per heavy atom. The average molecular weight is 373 g/mol. The molecule has 0 aliphatic carbocycles. The van der Waals surface area contributed by atoms with Gasteiger partial charge < -0.3 is 19.2 Å². The van der Waals surface area contributed by atoms with Gasteiger partial charge in [-0.25, -0.2) is 4.39 Å². The molecule has 4 nitrogen and oxygen atoms in total. The van der Waals surface area contributed by atoms with Gasteiger partial charge in [0.15, 0.2) is 0 Å². The Morgan fingerprint density at radius 2 is 1.69 bits per heavy atom. The number of fused-ring (bicyclic) bond motifs is 5. The van der Waals surface area contributed by atoms with Gasteiger partial charge in [0, 0.05) is 26.9 Å². The number of hydrogen-bond acceptors (Lipinski definition) is 4. The van der Waals surface area contributed by atoms with Crippen molar-refractivity contribution < 1.29 is 18.6 Å². The summed E-state index contributed by atoms with van der Waals surface area (Å²) in [4.78, 5) is 4.69. The Kier molecular flexibility index (Phi) is 5.34. The number of aromatic nitrogens is 1. The number of ether oxygens (including phenoxy) is 3. The molecule has 4 rings (SSSR count). The van der Waals surface area contributed by atoms with E-state index >= 15 is 0 Å². The van der Waals surface area contributed by atoms with Gasteiger partial charge in [0.2, 0.25) is 0 Å². The van der Waals surface area contributed by atoms with Crippen LogP contribution >= 0.6 is 11.3 Å². The van der Waals surface area contributed by atoms with Gasteiger partial charge in [0.25, 0.3) is 0 Å². The summed E-state index contributed by atoms with van der Waals surface area (Å²) in [7, 11) is 0. The first kappa shape index (κ1) is 17.3. The summed E-state index contributed by atoms with van der Waals surface area (Å²) in [6, 6.07) is 14.6. The number of aromatic amines is 1. The molecule has 0 fully saturated rings. The van der Waals surface area contributed by atoms with Crippen LogP contribution in [0.4, 0.5) is 4.39 Å². The second-order valence-electron chi connectivity index (χ2n) is 5.90. The predicted molar refractivity (Wildman–Crippen MR) is 104 cm³/mol. The van der Waals surface area contributed by atoms with Crippen LogP contribution in [0.2, 0.25) is 0 Å². The normalized spacial score (nSPS) is 11.7. The van der Waals surface area contributed by atoms with Crippen LogP contribution < -0.4 is 4.74 Å². The Morgan fingerprint density at radius 3 is 2.58 bits per heavy atom. The van der Waals surface area contributed by atoms with E-state index in [1.807, 2.05) is 12.1 Å². The first-order valence-corrected chi connectivity index (χ1v) is 9.45. The minimum atomic E-state index is -0.460. The molecular formula is C20H20FNO3S. The van der Waals surface area contributed by atoms with Gasteiger partial charge in [0.05, 0.1) is 31.9 Å². The number of halogens is 1. The third-order valence-electron chi connectivity index (χ3n) is 4.19. The van der Waals surface area contributed by atoms with E-state index in [0.29, 0.717) is 26.4 Å². The molecule has 0 bridgehead atoms. The molecule has 0 amide bonds. The average Bonchev–Trinajstić information content (AvgIpc) is 3.19. The number of benzene rings is 2. The van der Waals surface area contributed by atoms with E-state index in [0.717, 1.165) is 11.3 Å². The smallest absolute Gasteiger partial charge is 0.121 e. The summed E-state index contributed by atoms with van der Waals surface area (Å²) in [6.07, 6.45) is 0. The SMILES string of the molecule is FCCOCCOCCOc1ccc2c(c1)[nH]c1sc3ccccc3c12. The van der Waals surface area contributed by atoms with Gasteiger partial charge in [-0.05, 0) is 18.2 Å². The van der Waals surface area contributed by atoms with Crippen molar-refractivity contribution in [3.8, 4) is 5.75 Å². The zero-order valence-corrected chi connectivity index (χ0v) is 15.1. The number of hydrogen-bond donors (Lipinski definition) is 1. The second-order valence-corrected chi connectivity index (χ2v) is 6.95. The number of thiophene rings is 1. The minimum absolute atomic E-state index is 0.128. The number of H-pyrrole nitrogens is 1. The van der Waals surface area contributed by atoms with E-state index in [2.05, 4.69) is 35.3 Å². The molecule has 0 saturated heterocycles. The van der Waals surface area contributed by atoms with E-state index in [1.54, 1.807) is 11.3 Å². The summed E-state index contributed by atoms with van der Waals surface area (Å²) < 4.78 is 29.3. The summed E-state index contributed by atoms with van der Waals surface area (Å²) in [5.41, 5.74) is 1.08. The highest BCUT2D eigenvalue weighted by Crippen LogP contribution is 2.39. The monoisotopic (exact) mass is 373 g/mol. The van der Waals surface area contributed by atoms with Gasteiger partial charge in [-0.15, -0.1) is 11.3 Å². The van der Waals surface area contributed by atoms with E-state index in [9.17, 15) is 4.39 Å². The molecule has 0 radical (unpaired) electrons. The summed E-state index contributed by atoms with van der Waals surface area (Å²) in [6.45, 7) is 1.46. The lowest BCUT2D eigenvalue weighted by molar-refractivity contribution is 0.0325. The summed E-state index contributed by atoms with van der Waals surface area (Å²) in [5.74, 6) is 0.813. The fraction of sp³-hybridized carbons (Fsp3) is 0.300. The van der Waals surface area contributed by atoms with E-state index < -0.39 is 6.67 Å². The molecule has 0 unspecified atom stereocenters. The highest BCUT2D eigenvalue weighted by Gasteiger charge is 2.11. The van der Waals surface area contributed by atoms with Crippen LogP contribution in [0, 0.1) is 0 Å². The van der Waals surface area contributed by atoms with Crippen molar-refractivity contribution in [2.45, 2.75) is 0 Å². The maximum Gasteiger partial charge on any atom is 0.121 e. The topological polar surface area (TPSA) is 43.5 Å². The van der Waals surface area contributed by atoms with Crippen molar-refractivity contribution in [2.24, 2.45) is 0 Å². The molecule has 2 aromatic heterocycles. The van der Waals surface area contributed by atoms with Gasteiger partial charge in [-0.2, -0.15) is 0 Å². The van der Waals surface area contributed by atoms with Gasteiger partial charge >= 0.3 is 0 Å². The number of rotatable bonds is 9. The third-order valence-corrected chi connectivity index (χ3v) is 5.28. The molecule has 0 saturated carbocycles. The molecule has 1 N–H and O–H groups in total. The summed E-state index contributed by atoms with van der Waals surface area (Å²) >= 11 is 1.77. The fourth-order valence-corrected chi connectivity index (χ4v) is 4.18. The van der Waals surface area contributed by atoms with Crippen molar-refractivity contribution in [1.29, 1.82) is 0 Å². The molecule has 136 valence electrons. The van der Waals surface area contributed by atoms with Gasteiger partial charge in [0.1, 0.15) is 23.9 Å². The van der Waals surface area contributed by atoms with Crippen LogP contribution in [0.3, 0.4) is 0 Å². The van der Waals surface area contributed by atoms with Crippen molar-refractivity contribution >= 4 is 42.5 Å². The zero-order valence-electron chi connectivity index (χ0n) is 14.3. The largest absolute Gasteiger partial charge is 0.491 e. The molecule has 6 heteroatoms. The van der Waals surface area contributed by atoms with Crippen molar-refractivity contribution in [3.63, 3.8) is 0 Å². The fourth-order valence-electron chi connectivity index (χ4n) is 3.05. The van der Waals surface area contributed by atoms with E-state index in [4.69, 9.17) is 14.2 Å². The van der Waals surface area contributed by atoms with Crippen LogP contribution in [-0.4, -0.2) is 44.7 Å². The first-order valence-electron chi connectivity index (χ1n) is 8.64. The quantitative estimate of drug-likeness (QED) is 0.424. The van der Waals surface area contributed by atoms with E-state index in [-0.39, 0.29) is 6.61 Å². The molecule has 0 spiro atoms. The molecule has 26 heavy (non-hydrogen) atoms. The van der Waals surface area contributed by atoms with Crippen LogP contribution in [0.5, 0.6) is 5.75 Å². The Bertz CT molecular complexity index is 1010. The number of alkyl halides is 1. The van der Waals surface area contributed by atoms with Gasteiger partial charge in [-0.3, -0.25) is 0 Å². The first-order chi connectivity index (χ1) is 12.9. The predicted octanol–water partition coefficient (Wildman–Crippen LogP) is 4.92. The third kappa shape index (κ3) is 3.53. The minimum Gasteiger partial charge on any atom is -0.491 e. The lowest BCUT2D eigenvalue weighted by Crippen LogP contribution is -2.11. The van der Waals surface area contributed by atoms with Crippen LogP contribution in [0.25, 0.3) is 31.2 Å². The highest BCUT2D eigenvalue weighted by molar-refractivity contribution is 7.25. The molecule has 2 heterocycles. The second kappa shape index (κ2) is 8.03. The van der Waals surface area contributed by atoms with Gasteiger partial charge in [-0.1, -0.05) is 18.2 Å². The van der Waals surface area contributed by atoms with Crippen LogP contribution in [0.15, 0.2) is 42.5 Å². The Labute approximate surface area is 154 Å². The van der Waals surface area contributed by atoms with Crippen LogP contribution in [0.1, 0.15) is 0 Å². The molecule has 0 aliphatic rings. The molecule has 4 aromatic rings. The highest BCUT2D eigenvalue weighted by atomic mass is 32.1. The Hall–Kier alpha value is -2.15. The lowest BCUT2D eigenvalue weighted by atomic mass is 10.1. The standard InChI is InChI=1S/C20H20FNO3S/c21-7-8-23-9-10-24-11-12-25-14-5-6-15-17(13-14)22-20-19(15)16-3-1-2-4-18(16)26-20/h1-6,13,22H,7-12H2.